The van der Waals surface area contributed by atoms with Gasteiger partial charge in [0.25, 0.3) is 0 Å². The Kier molecular flexibility index (Phi) is 5.56. The van der Waals surface area contributed by atoms with Gasteiger partial charge in [-0.25, -0.2) is 8.78 Å². The van der Waals surface area contributed by atoms with Crippen molar-refractivity contribution in [2.24, 2.45) is 11.8 Å². The summed E-state index contributed by atoms with van der Waals surface area (Å²) in [6.07, 6.45) is 0.580. The first-order chi connectivity index (χ1) is 8.04. The molecule has 96 valence electrons. The molecule has 1 aromatic carbocycles. The van der Waals surface area contributed by atoms with Crippen molar-refractivity contribution in [3.63, 3.8) is 0 Å². The van der Waals surface area contributed by atoms with E-state index in [2.05, 4.69) is 26.1 Å². The standard InChI is InChI=1S/C14H21F2N/c1-4-17-9-11(3)10(2)7-12-8-13(15)5-6-14(12)16/h5-6,8,10-11,17H,4,7,9H2,1-3H3. The summed E-state index contributed by atoms with van der Waals surface area (Å²) in [5.74, 6) is 0.0878. The maximum atomic E-state index is 13.5. The van der Waals surface area contributed by atoms with Crippen LogP contribution in [0.25, 0.3) is 0 Å². The highest BCUT2D eigenvalue weighted by atomic mass is 19.1. The third-order valence-electron chi connectivity index (χ3n) is 3.24. The quantitative estimate of drug-likeness (QED) is 0.805. The van der Waals surface area contributed by atoms with Crippen molar-refractivity contribution in [1.29, 1.82) is 0 Å². The van der Waals surface area contributed by atoms with Crippen LogP contribution in [0.1, 0.15) is 26.3 Å². The fourth-order valence-electron chi connectivity index (χ4n) is 1.82. The lowest BCUT2D eigenvalue weighted by Gasteiger charge is -2.20. The molecule has 0 radical (unpaired) electrons. The second-order valence-corrected chi connectivity index (χ2v) is 4.70. The van der Waals surface area contributed by atoms with Crippen LogP contribution < -0.4 is 5.32 Å². The fraction of sp³-hybridized carbons (Fsp3) is 0.571. The molecule has 0 saturated carbocycles. The van der Waals surface area contributed by atoms with Gasteiger partial charge in [-0.3, -0.25) is 0 Å². The van der Waals surface area contributed by atoms with Crippen LogP contribution in [0, 0.1) is 23.5 Å². The van der Waals surface area contributed by atoms with Gasteiger partial charge < -0.3 is 5.32 Å². The summed E-state index contributed by atoms with van der Waals surface area (Å²) >= 11 is 0. The molecule has 1 rings (SSSR count). The van der Waals surface area contributed by atoms with Crippen molar-refractivity contribution in [1.82, 2.24) is 5.32 Å². The molecule has 1 nitrogen and oxygen atoms in total. The summed E-state index contributed by atoms with van der Waals surface area (Å²) in [6.45, 7) is 8.11. The Morgan fingerprint density at radius 2 is 1.88 bits per heavy atom. The Morgan fingerprint density at radius 1 is 1.18 bits per heavy atom. The predicted molar refractivity (Wildman–Crippen MR) is 66.9 cm³/mol. The number of halogens is 2. The molecule has 0 fully saturated rings. The smallest absolute Gasteiger partial charge is 0.126 e. The van der Waals surface area contributed by atoms with Gasteiger partial charge in [0.2, 0.25) is 0 Å². The minimum atomic E-state index is -0.368. The van der Waals surface area contributed by atoms with Crippen molar-refractivity contribution < 1.29 is 8.78 Å². The summed E-state index contributed by atoms with van der Waals surface area (Å²) < 4.78 is 26.5. The van der Waals surface area contributed by atoms with E-state index in [1.54, 1.807) is 0 Å². The van der Waals surface area contributed by atoms with E-state index >= 15 is 0 Å². The molecule has 1 aromatic rings. The van der Waals surface area contributed by atoms with Crippen molar-refractivity contribution in [3.8, 4) is 0 Å². The van der Waals surface area contributed by atoms with E-state index in [9.17, 15) is 8.78 Å². The molecule has 0 bridgehead atoms. The van der Waals surface area contributed by atoms with Gasteiger partial charge in [-0.05, 0) is 55.1 Å². The Morgan fingerprint density at radius 3 is 2.53 bits per heavy atom. The molecule has 0 amide bonds. The third kappa shape index (κ3) is 4.43. The SMILES string of the molecule is CCNCC(C)C(C)Cc1cc(F)ccc1F. The van der Waals surface area contributed by atoms with Crippen molar-refractivity contribution in [3.05, 3.63) is 35.4 Å². The molecule has 0 aliphatic rings. The second kappa shape index (κ2) is 6.70. The van der Waals surface area contributed by atoms with Crippen LogP contribution in [0.5, 0.6) is 0 Å². The van der Waals surface area contributed by atoms with Gasteiger partial charge in [-0.2, -0.15) is 0 Å². The van der Waals surface area contributed by atoms with Crippen LogP contribution in [0.2, 0.25) is 0 Å². The van der Waals surface area contributed by atoms with Crippen molar-refractivity contribution in [2.45, 2.75) is 27.2 Å². The monoisotopic (exact) mass is 241 g/mol. The van der Waals surface area contributed by atoms with Gasteiger partial charge in [0.1, 0.15) is 11.6 Å². The normalized spacial score (nSPS) is 14.6. The van der Waals surface area contributed by atoms with E-state index in [4.69, 9.17) is 0 Å². The summed E-state index contributed by atoms with van der Waals surface area (Å²) in [7, 11) is 0. The van der Waals surface area contributed by atoms with Crippen LogP contribution in [0.15, 0.2) is 18.2 Å². The number of rotatable bonds is 6. The Labute approximate surface area is 102 Å². The molecule has 0 spiro atoms. The molecule has 1 N–H and O–H groups in total. The van der Waals surface area contributed by atoms with Gasteiger partial charge in [0.05, 0.1) is 0 Å². The lowest BCUT2D eigenvalue weighted by atomic mass is 9.89. The van der Waals surface area contributed by atoms with E-state index in [0.717, 1.165) is 19.2 Å². The zero-order chi connectivity index (χ0) is 12.8. The number of nitrogens with one attached hydrogen (secondary N) is 1. The Balaban J connectivity index is 2.60. The molecule has 2 atom stereocenters. The third-order valence-corrected chi connectivity index (χ3v) is 3.24. The first-order valence-electron chi connectivity index (χ1n) is 6.19. The fourth-order valence-corrected chi connectivity index (χ4v) is 1.82. The van der Waals surface area contributed by atoms with E-state index in [1.807, 2.05) is 0 Å². The lowest BCUT2D eigenvalue weighted by molar-refractivity contribution is 0.363. The molecular formula is C14H21F2N. The van der Waals surface area contributed by atoms with Crippen LogP contribution in [-0.2, 0) is 6.42 Å². The minimum absolute atomic E-state index is 0.311. The predicted octanol–water partition coefficient (Wildman–Crippen LogP) is 3.39. The highest BCUT2D eigenvalue weighted by Crippen LogP contribution is 2.19. The van der Waals surface area contributed by atoms with E-state index in [0.29, 0.717) is 23.8 Å². The van der Waals surface area contributed by atoms with Gasteiger partial charge in [0.15, 0.2) is 0 Å². The van der Waals surface area contributed by atoms with E-state index < -0.39 is 0 Å². The van der Waals surface area contributed by atoms with Crippen molar-refractivity contribution >= 4 is 0 Å². The zero-order valence-electron chi connectivity index (χ0n) is 10.8. The number of benzene rings is 1. The summed E-state index contributed by atoms with van der Waals surface area (Å²) in [6, 6.07) is 3.66. The molecule has 0 aliphatic carbocycles. The Bertz CT molecular complexity index is 352. The summed E-state index contributed by atoms with van der Waals surface area (Å²) in [5.41, 5.74) is 0.473. The first kappa shape index (κ1) is 14.1. The molecule has 0 aliphatic heterocycles. The largest absolute Gasteiger partial charge is 0.317 e. The molecule has 0 saturated heterocycles. The minimum Gasteiger partial charge on any atom is -0.317 e. The average Bonchev–Trinajstić information content (AvgIpc) is 2.30. The second-order valence-electron chi connectivity index (χ2n) is 4.70. The maximum absolute atomic E-state index is 13.5. The Hall–Kier alpha value is -0.960. The zero-order valence-corrected chi connectivity index (χ0v) is 10.8. The lowest BCUT2D eigenvalue weighted by Crippen LogP contribution is -2.26. The summed E-state index contributed by atoms with van der Waals surface area (Å²) in [4.78, 5) is 0. The maximum Gasteiger partial charge on any atom is 0.126 e. The highest BCUT2D eigenvalue weighted by Gasteiger charge is 2.14. The molecule has 0 heterocycles. The van der Waals surface area contributed by atoms with Crippen LogP contribution in [0.3, 0.4) is 0 Å². The van der Waals surface area contributed by atoms with Gasteiger partial charge in [-0.15, -0.1) is 0 Å². The molecular weight excluding hydrogens is 220 g/mol. The van der Waals surface area contributed by atoms with E-state index in [1.165, 1.54) is 12.1 Å². The number of hydrogen-bond donors (Lipinski definition) is 1. The number of hydrogen-bond acceptors (Lipinski definition) is 1. The average molecular weight is 241 g/mol. The topological polar surface area (TPSA) is 12.0 Å². The molecule has 3 heteroatoms. The molecule has 0 aromatic heterocycles. The van der Waals surface area contributed by atoms with Gasteiger partial charge >= 0.3 is 0 Å². The van der Waals surface area contributed by atoms with Gasteiger partial charge in [0, 0.05) is 0 Å². The van der Waals surface area contributed by atoms with Crippen LogP contribution >= 0.6 is 0 Å². The van der Waals surface area contributed by atoms with Crippen molar-refractivity contribution in [2.75, 3.05) is 13.1 Å². The van der Waals surface area contributed by atoms with Crippen LogP contribution in [0.4, 0.5) is 8.78 Å². The molecule has 17 heavy (non-hydrogen) atoms. The highest BCUT2D eigenvalue weighted by molar-refractivity contribution is 5.19. The summed E-state index contributed by atoms with van der Waals surface area (Å²) in [5, 5.41) is 3.27. The first-order valence-corrected chi connectivity index (χ1v) is 6.19. The van der Waals surface area contributed by atoms with E-state index in [-0.39, 0.29) is 11.6 Å². The van der Waals surface area contributed by atoms with Crippen LogP contribution in [-0.4, -0.2) is 13.1 Å². The molecule has 2 unspecified atom stereocenters. The van der Waals surface area contributed by atoms with Gasteiger partial charge in [-0.1, -0.05) is 20.8 Å².